The summed E-state index contributed by atoms with van der Waals surface area (Å²) in [5.74, 6) is 0.991. The van der Waals surface area contributed by atoms with Crippen LogP contribution < -0.4 is 4.74 Å². The molecule has 148 valence electrons. The molecule has 1 aliphatic heterocycles. The van der Waals surface area contributed by atoms with E-state index in [0.29, 0.717) is 11.7 Å². The first-order valence-corrected chi connectivity index (χ1v) is 10.3. The van der Waals surface area contributed by atoms with Gasteiger partial charge in [-0.25, -0.2) is 0 Å². The van der Waals surface area contributed by atoms with Crippen molar-refractivity contribution in [1.29, 1.82) is 0 Å². The van der Waals surface area contributed by atoms with E-state index in [0.717, 1.165) is 50.9 Å². The highest BCUT2D eigenvalue weighted by Gasteiger charge is 2.48. The first-order valence-electron chi connectivity index (χ1n) is 10.3. The summed E-state index contributed by atoms with van der Waals surface area (Å²) in [4.78, 5) is 14.2. The quantitative estimate of drug-likeness (QED) is 0.443. The number of aromatic hydroxyl groups is 1. The van der Waals surface area contributed by atoms with Crippen LogP contribution in [0.1, 0.15) is 64.9 Å². The smallest absolute Gasteiger partial charge is 0.308 e. The monoisotopic (exact) mass is 371 g/mol. The van der Waals surface area contributed by atoms with E-state index in [-0.39, 0.29) is 17.1 Å². The van der Waals surface area contributed by atoms with Gasteiger partial charge in [0.25, 0.3) is 0 Å². The molecule has 1 heterocycles. The summed E-state index contributed by atoms with van der Waals surface area (Å²) in [5.41, 5.74) is 2.16. The van der Waals surface area contributed by atoms with E-state index in [9.17, 15) is 9.90 Å². The average molecular weight is 372 g/mol. The molecular formula is C23H33NO3. The van der Waals surface area contributed by atoms with Crippen LogP contribution in [0.15, 0.2) is 29.8 Å². The number of likely N-dealkylation sites (tertiary alicyclic amines) is 1. The lowest BCUT2D eigenvalue weighted by Crippen LogP contribution is -2.35. The Balaban J connectivity index is 1.86. The zero-order chi connectivity index (χ0) is 19.4. The van der Waals surface area contributed by atoms with Crippen LogP contribution >= 0.6 is 0 Å². The largest absolute Gasteiger partial charge is 0.508 e. The van der Waals surface area contributed by atoms with Crippen LogP contribution in [0, 0.1) is 5.92 Å². The minimum atomic E-state index is -0.329. The maximum Gasteiger partial charge on any atom is 0.308 e. The summed E-state index contributed by atoms with van der Waals surface area (Å²) < 4.78 is 5.52. The molecule has 1 aliphatic carbocycles. The average Bonchev–Trinajstić information content (AvgIpc) is 3.24. The number of hydrogen-bond acceptors (Lipinski definition) is 4. The molecule has 2 fully saturated rings. The second-order valence-corrected chi connectivity index (χ2v) is 8.46. The Morgan fingerprint density at radius 1 is 1.30 bits per heavy atom. The number of rotatable bonds is 6. The van der Waals surface area contributed by atoms with Crippen molar-refractivity contribution in [3.05, 3.63) is 35.4 Å². The number of allylic oxidation sites excluding steroid dienone is 1. The molecule has 1 aromatic rings. The maximum absolute atomic E-state index is 11.6. The van der Waals surface area contributed by atoms with Crippen LogP contribution in [0.2, 0.25) is 0 Å². The number of carbonyl (C=O) groups excluding carboxylic acids is 1. The first kappa shape index (κ1) is 19.9. The molecule has 1 N–H and O–H groups in total. The van der Waals surface area contributed by atoms with Gasteiger partial charge in [0.1, 0.15) is 11.5 Å². The van der Waals surface area contributed by atoms with Crippen LogP contribution in [0.5, 0.6) is 11.5 Å². The fraction of sp³-hybridized carbons (Fsp3) is 0.609. The van der Waals surface area contributed by atoms with Crippen molar-refractivity contribution in [2.24, 2.45) is 5.92 Å². The van der Waals surface area contributed by atoms with E-state index < -0.39 is 0 Å². The van der Waals surface area contributed by atoms with Crippen molar-refractivity contribution >= 4 is 5.97 Å². The van der Waals surface area contributed by atoms with Gasteiger partial charge >= 0.3 is 5.97 Å². The van der Waals surface area contributed by atoms with Crippen molar-refractivity contribution in [2.45, 2.75) is 64.7 Å². The number of esters is 1. The van der Waals surface area contributed by atoms with Gasteiger partial charge in [-0.1, -0.05) is 30.6 Å². The molecule has 2 aliphatic rings. The van der Waals surface area contributed by atoms with Gasteiger partial charge < -0.3 is 14.7 Å². The molecule has 0 spiro atoms. The molecule has 1 unspecified atom stereocenters. The molecule has 0 bridgehead atoms. The summed E-state index contributed by atoms with van der Waals surface area (Å²) >= 11 is 0. The standard InChI is InChI=1S/C23H33NO3/c1-17(2)8-7-14-24-15-11-19(16-24)23(12-4-5-13-23)22-20(26)9-6-10-21(22)27-18(3)25/h6,8-10,19,26H,4-5,7,11-16H2,1-3H3. The van der Waals surface area contributed by atoms with Gasteiger partial charge in [0, 0.05) is 31.0 Å². The van der Waals surface area contributed by atoms with Crippen molar-refractivity contribution < 1.29 is 14.6 Å². The van der Waals surface area contributed by atoms with Crippen molar-refractivity contribution in [3.8, 4) is 11.5 Å². The fourth-order valence-corrected chi connectivity index (χ4v) is 5.15. The number of phenolic OH excluding ortho intramolecular Hbond substituents is 1. The predicted molar refractivity (Wildman–Crippen MR) is 108 cm³/mol. The summed E-state index contributed by atoms with van der Waals surface area (Å²) in [6.45, 7) is 8.99. The summed E-state index contributed by atoms with van der Waals surface area (Å²) in [5, 5.41) is 10.7. The van der Waals surface area contributed by atoms with Crippen molar-refractivity contribution in [1.82, 2.24) is 4.90 Å². The van der Waals surface area contributed by atoms with E-state index in [1.807, 2.05) is 6.07 Å². The van der Waals surface area contributed by atoms with Crippen LogP contribution in [-0.2, 0) is 10.2 Å². The second kappa shape index (κ2) is 8.47. The van der Waals surface area contributed by atoms with Gasteiger partial charge in [-0.05, 0) is 64.1 Å². The van der Waals surface area contributed by atoms with E-state index in [2.05, 4.69) is 24.8 Å². The molecule has 27 heavy (non-hydrogen) atoms. The molecule has 3 rings (SSSR count). The molecule has 1 atom stereocenters. The third-order valence-electron chi connectivity index (χ3n) is 6.30. The molecule has 4 nitrogen and oxygen atoms in total. The molecule has 0 amide bonds. The van der Waals surface area contributed by atoms with Gasteiger partial charge in [-0.15, -0.1) is 0 Å². The summed E-state index contributed by atoms with van der Waals surface area (Å²) in [7, 11) is 0. The minimum Gasteiger partial charge on any atom is -0.508 e. The molecule has 0 aromatic heterocycles. The molecule has 4 heteroatoms. The molecule has 1 saturated heterocycles. The van der Waals surface area contributed by atoms with Crippen LogP contribution in [0.4, 0.5) is 0 Å². The lowest BCUT2D eigenvalue weighted by Gasteiger charge is -2.37. The Kier molecular flexibility index (Phi) is 6.25. The number of phenols is 1. The molecular weight excluding hydrogens is 338 g/mol. The van der Waals surface area contributed by atoms with Crippen molar-refractivity contribution in [3.63, 3.8) is 0 Å². The lowest BCUT2D eigenvalue weighted by atomic mass is 9.67. The Hall–Kier alpha value is -1.81. The normalized spacial score (nSPS) is 22.0. The number of carbonyl (C=O) groups is 1. The van der Waals surface area contributed by atoms with Crippen LogP contribution in [-0.4, -0.2) is 35.6 Å². The third-order valence-corrected chi connectivity index (χ3v) is 6.30. The van der Waals surface area contributed by atoms with Crippen molar-refractivity contribution in [2.75, 3.05) is 19.6 Å². The van der Waals surface area contributed by atoms with Gasteiger partial charge in [0.2, 0.25) is 0 Å². The van der Waals surface area contributed by atoms with E-state index in [1.54, 1.807) is 12.1 Å². The Labute approximate surface area is 163 Å². The maximum atomic E-state index is 11.6. The highest BCUT2D eigenvalue weighted by Crippen LogP contribution is 2.54. The topological polar surface area (TPSA) is 49.8 Å². The van der Waals surface area contributed by atoms with Gasteiger partial charge in [-0.3, -0.25) is 4.79 Å². The SMILES string of the molecule is CC(=O)Oc1cccc(O)c1C1(C2CCN(CCC=C(C)C)C2)CCCC1. The molecule has 0 radical (unpaired) electrons. The zero-order valence-corrected chi connectivity index (χ0v) is 17.0. The Morgan fingerprint density at radius 2 is 2.04 bits per heavy atom. The number of nitrogens with zero attached hydrogens (tertiary/aromatic N) is 1. The van der Waals surface area contributed by atoms with E-state index >= 15 is 0 Å². The molecule has 1 aromatic carbocycles. The second-order valence-electron chi connectivity index (χ2n) is 8.46. The van der Waals surface area contributed by atoms with Gasteiger partial charge in [0.15, 0.2) is 0 Å². The highest BCUT2D eigenvalue weighted by atomic mass is 16.5. The lowest BCUT2D eigenvalue weighted by molar-refractivity contribution is -0.132. The van der Waals surface area contributed by atoms with Crippen LogP contribution in [0.3, 0.4) is 0 Å². The summed E-state index contributed by atoms with van der Waals surface area (Å²) in [6, 6.07) is 5.34. The Bertz CT molecular complexity index is 700. The Morgan fingerprint density at radius 3 is 2.70 bits per heavy atom. The van der Waals surface area contributed by atoms with Crippen LogP contribution in [0.25, 0.3) is 0 Å². The predicted octanol–water partition coefficient (Wildman–Crippen LogP) is 4.81. The van der Waals surface area contributed by atoms with Gasteiger partial charge in [-0.2, -0.15) is 0 Å². The van der Waals surface area contributed by atoms with Gasteiger partial charge in [0.05, 0.1) is 0 Å². The number of benzene rings is 1. The number of ether oxygens (including phenoxy) is 1. The highest BCUT2D eigenvalue weighted by molar-refractivity contribution is 5.70. The zero-order valence-electron chi connectivity index (χ0n) is 17.0. The van der Waals surface area contributed by atoms with E-state index in [4.69, 9.17) is 4.74 Å². The number of hydrogen-bond donors (Lipinski definition) is 1. The fourth-order valence-electron chi connectivity index (χ4n) is 5.15. The third kappa shape index (κ3) is 4.37. The summed E-state index contributed by atoms with van der Waals surface area (Å²) in [6.07, 6.45) is 9.00. The van der Waals surface area contributed by atoms with E-state index in [1.165, 1.54) is 25.3 Å². The minimum absolute atomic E-state index is 0.0820. The molecule has 1 saturated carbocycles. The first-order chi connectivity index (χ1) is 12.9.